The molecule has 140 valence electrons. The molecule has 0 aliphatic heterocycles. The van der Waals surface area contributed by atoms with E-state index in [0.717, 1.165) is 44.5 Å². The van der Waals surface area contributed by atoms with Gasteiger partial charge in [-0.25, -0.2) is 4.79 Å². The van der Waals surface area contributed by atoms with Crippen LogP contribution in [0.2, 0.25) is 0 Å². The first-order valence-corrected chi connectivity index (χ1v) is 9.39. The van der Waals surface area contributed by atoms with E-state index in [4.69, 9.17) is 0 Å². The van der Waals surface area contributed by atoms with E-state index < -0.39 is 0 Å². The van der Waals surface area contributed by atoms with Crippen LogP contribution in [0.3, 0.4) is 0 Å². The highest BCUT2D eigenvalue weighted by Gasteiger charge is 2.16. The van der Waals surface area contributed by atoms with E-state index in [-0.39, 0.29) is 6.03 Å². The van der Waals surface area contributed by atoms with E-state index in [1.165, 1.54) is 11.1 Å². The number of hydrogen-bond donors (Lipinski definition) is 2. The Morgan fingerprint density at radius 2 is 1.92 bits per heavy atom. The summed E-state index contributed by atoms with van der Waals surface area (Å²) in [6, 6.07) is 8.53. The molecule has 2 aromatic rings. The van der Waals surface area contributed by atoms with E-state index >= 15 is 0 Å². The number of nitrogens with zero attached hydrogens (tertiary/aromatic N) is 3. The first-order chi connectivity index (χ1) is 12.6. The molecule has 1 aromatic carbocycles. The topological polar surface area (TPSA) is 62.2 Å². The Hall–Kier alpha value is -2.34. The zero-order valence-electron chi connectivity index (χ0n) is 15.7. The molecule has 2 N–H and O–H groups in total. The molecule has 3 rings (SSSR count). The van der Waals surface area contributed by atoms with Crippen LogP contribution in [-0.2, 0) is 19.4 Å². The van der Waals surface area contributed by atoms with Crippen molar-refractivity contribution in [3.8, 4) is 0 Å². The summed E-state index contributed by atoms with van der Waals surface area (Å²) in [5.41, 5.74) is 3.66. The SMILES string of the molecule is CN(C)CCn1cc(NC(=O)NCC2CCc3ccccc3CC2)cn1. The molecule has 1 aliphatic rings. The minimum atomic E-state index is -0.154. The maximum atomic E-state index is 12.2. The Balaban J connectivity index is 1.42. The van der Waals surface area contributed by atoms with E-state index in [9.17, 15) is 4.79 Å². The Bertz CT molecular complexity index is 697. The van der Waals surface area contributed by atoms with Crippen molar-refractivity contribution in [2.24, 2.45) is 5.92 Å². The number of benzene rings is 1. The van der Waals surface area contributed by atoms with Gasteiger partial charge < -0.3 is 15.5 Å². The molecule has 0 radical (unpaired) electrons. The molecule has 6 nitrogen and oxygen atoms in total. The second-order valence-electron chi connectivity index (χ2n) is 7.34. The zero-order valence-corrected chi connectivity index (χ0v) is 15.7. The number of hydrogen-bond acceptors (Lipinski definition) is 3. The molecule has 0 spiro atoms. The van der Waals surface area contributed by atoms with Gasteiger partial charge in [-0.2, -0.15) is 5.10 Å². The van der Waals surface area contributed by atoms with Crippen LogP contribution < -0.4 is 10.6 Å². The van der Waals surface area contributed by atoms with Crippen LogP contribution in [0.5, 0.6) is 0 Å². The monoisotopic (exact) mass is 355 g/mol. The maximum absolute atomic E-state index is 12.2. The van der Waals surface area contributed by atoms with Gasteiger partial charge in [-0.05, 0) is 56.8 Å². The summed E-state index contributed by atoms with van der Waals surface area (Å²) in [4.78, 5) is 14.3. The molecule has 6 heteroatoms. The molecular weight excluding hydrogens is 326 g/mol. The number of nitrogens with one attached hydrogen (secondary N) is 2. The molecule has 1 aromatic heterocycles. The van der Waals surface area contributed by atoms with E-state index in [2.05, 4.69) is 44.9 Å². The normalized spacial score (nSPS) is 14.7. The number of amides is 2. The van der Waals surface area contributed by atoms with Gasteiger partial charge in [-0.3, -0.25) is 4.68 Å². The van der Waals surface area contributed by atoms with Gasteiger partial charge >= 0.3 is 6.03 Å². The summed E-state index contributed by atoms with van der Waals surface area (Å²) < 4.78 is 1.85. The summed E-state index contributed by atoms with van der Waals surface area (Å²) in [5.74, 6) is 0.524. The van der Waals surface area contributed by atoms with Gasteiger partial charge in [-0.15, -0.1) is 0 Å². The summed E-state index contributed by atoms with van der Waals surface area (Å²) in [5, 5.41) is 10.2. The van der Waals surface area contributed by atoms with Gasteiger partial charge in [0.15, 0.2) is 0 Å². The van der Waals surface area contributed by atoms with Crippen LogP contribution in [0, 0.1) is 5.92 Å². The quantitative estimate of drug-likeness (QED) is 0.783. The number of anilines is 1. The van der Waals surface area contributed by atoms with Crippen molar-refractivity contribution in [1.82, 2.24) is 20.0 Å². The molecule has 1 aliphatic carbocycles. The lowest BCUT2D eigenvalue weighted by Gasteiger charge is -2.15. The van der Waals surface area contributed by atoms with Crippen LogP contribution in [0.4, 0.5) is 10.5 Å². The summed E-state index contributed by atoms with van der Waals surface area (Å²) in [6.07, 6.45) is 8.01. The van der Waals surface area contributed by atoms with Crippen molar-refractivity contribution in [3.63, 3.8) is 0 Å². The average molecular weight is 355 g/mol. The number of fused-ring (bicyclic) bond motifs is 1. The van der Waals surface area contributed by atoms with Crippen molar-refractivity contribution < 1.29 is 4.79 Å². The fraction of sp³-hybridized carbons (Fsp3) is 0.500. The number of carbonyl (C=O) groups excluding carboxylic acids is 1. The summed E-state index contributed by atoms with van der Waals surface area (Å²) >= 11 is 0. The third-order valence-corrected chi connectivity index (χ3v) is 4.98. The molecule has 0 atom stereocenters. The van der Waals surface area contributed by atoms with Crippen molar-refractivity contribution in [2.45, 2.75) is 32.2 Å². The lowest BCUT2D eigenvalue weighted by Crippen LogP contribution is -2.33. The standard InChI is InChI=1S/C20H29N5O/c1-24(2)11-12-25-15-19(14-22-25)23-20(26)21-13-16-7-9-17-5-3-4-6-18(17)10-8-16/h3-6,14-16H,7-13H2,1-2H3,(H2,21,23,26). The molecule has 0 saturated carbocycles. The molecule has 26 heavy (non-hydrogen) atoms. The highest BCUT2D eigenvalue weighted by Crippen LogP contribution is 2.24. The Morgan fingerprint density at radius 1 is 1.23 bits per heavy atom. The molecule has 0 saturated heterocycles. The van der Waals surface area contributed by atoms with Crippen LogP contribution in [0.15, 0.2) is 36.7 Å². The third kappa shape index (κ3) is 5.33. The second kappa shape index (κ2) is 8.85. The molecule has 2 amide bonds. The Morgan fingerprint density at radius 3 is 2.58 bits per heavy atom. The number of aryl methyl sites for hydroxylation is 2. The Labute approximate surface area is 155 Å². The van der Waals surface area contributed by atoms with Gasteiger partial charge in [0, 0.05) is 19.3 Å². The van der Waals surface area contributed by atoms with Gasteiger partial charge in [0.05, 0.1) is 18.4 Å². The predicted molar refractivity (Wildman–Crippen MR) is 104 cm³/mol. The van der Waals surface area contributed by atoms with Gasteiger partial charge in [0.25, 0.3) is 0 Å². The molecule has 0 unspecified atom stereocenters. The van der Waals surface area contributed by atoms with Gasteiger partial charge in [0.2, 0.25) is 0 Å². The number of aromatic nitrogens is 2. The zero-order chi connectivity index (χ0) is 18.4. The van der Waals surface area contributed by atoms with Crippen LogP contribution >= 0.6 is 0 Å². The maximum Gasteiger partial charge on any atom is 0.319 e. The first-order valence-electron chi connectivity index (χ1n) is 9.39. The minimum absolute atomic E-state index is 0.154. The van der Waals surface area contributed by atoms with Crippen LogP contribution in [-0.4, -0.2) is 47.9 Å². The summed E-state index contributed by atoms with van der Waals surface area (Å²) in [7, 11) is 4.06. The first kappa shape index (κ1) is 18.5. The van der Waals surface area contributed by atoms with Crippen molar-refractivity contribution in [1.29, 1.82) is 0 Å². The fourth-order valence-electron chi connectivity index (χ4n) is 3.38. The summed E-state index contributed by atoms with van der Waals surface area (Å²) in [6.45, 7) is 2.44. The predicted octanol–water partition coefficient (Wildman–Crippen LogP) is 2.76. The molecule has 0 bridgehead atoms. The molecular formula is C20H29N5O. The average Bonchev–Trinajstić information content (AvgIpc) is 2.96. The van der Waals surface area contributed by atoms with E-state index in [1.807, 2.05) is 25.0 Å². The smallest absolute Gasteiger partial charge is 0.319 e. The second-order valence-corrected chi connectivity index (χ2v) is 7.34. The fourth-order valence-corrected chi connectivity index (χ4v) is 3.38. The van der Waals surface area contributed by atoms with Crippen molar-refractivity contribution in [3.05, 3.63) is 47.8 Å². The minimum Gasteiger partial charge on any atom is -0.338 e. The lowest BCUT2D eigenvalue weighted by molar-refractivity contribution is 0.249. The highest BCUT2D eigenvalue weighted by molar-refractivity contribution is 5.88. The van der Waals surface area contributed by atoms with Crippen LogP contribution in [0.25, 0.3) is 0 Å². The number of rotatable bonds is 6. The lowest BCUT2D eigenvalue weighted by atomic mass is 10.00. The van der Waals surface area contributed by atoms with Crippen LogP contribution in [0.1, 0.15) is 24.0 Å². The van der Waals surface area contributed by atoms with Crippen molar-refractivity contribution >= 4 is 11.7 Å². The largest absolute Gasteiger partial charge is 0.338 e. The highest BCUT2D eigenvalue weighted by atomic mass is 16.2. The number of likely N-dealkylation sites (N-methyl/N-ethyl adjacent to an activating group) is 1. The van der Waals surface area contributed by atoms with Crippen molar-refractivity contribution in [2.75, 3.05) is 32.5 Å². The van der Waals surface area contributed by atoms with E-state index in [1.54, 1.807) is 6.20 Å². The number of urea groups is 1. The Kier molecular flexibility index (Phi) is 6.28. The van der Waals surface area contributed by atoms with E-state index in [0.29, 0.717) is 12.5 Å². The van der Waals surface area contributed by atoms with Gasteiger partial charge in [-0.1, -0.05) is 24.3 Å². The third-order valence-electron chi connectivity index (χ3n) is 4.98. The van der Waals surface area contributed by atoms with Gasteiger partial charge in [0.1, 0.15) is 0 Å². The molecule has 0 fully saturated rings. The number of carbonyl (C=O) groups is 1. The molecule has 1 heterocycles.